The Morgan fingerprint density at radius 3 is 2.65 bits per heavy atom. The van der Waals surface area contributed by atoms with Gasteiger partial charge < -0.3 is 9.73 Å². The van der Waals surface area contributed by atoms with Crippen LogP contribution in [0.4, 0.5) is 20.2 Å². The van der Waals surface area contributed by atoms with Crippen LogP contribution in [0.5, 0.6) is 0 Å². The zero-order valence-corrected chi connectivity index (χ0v) is 10.6. The summed E-state index contributed by atoms with van der Waals surface area (Å²) in [5, 5.41) is 13.4. The third-order valence-corrected chi connectivity index (χ3v) is 2.73. The molecule has 0 atom stereocenters. The number of aryl methyl sites for hydroxylation is 1. The highest BCUT2D eigenvalue weighted by atomic mass is 19.3. The number of alkyl halides is 2. The van der Waals surface area contributed by atoms with E-state index in [4.69, 9.17) is 4.42 Å². The molecule has 1 N–H and O–H groups in total. The molecule has 0 fully saturated rings. The number of nitrogens with zero attached hydrogens (tertiary/aromatic N) is 1. The highest BCUT2D eigenvalue weighted by Crippen LogP contribution is 2.31. The Labute approximate surface area is 113 Å². The molecule has 0 bridgehead atoms. The average Bonchev–Trinajstić information content (AvgIpc) is 2.81. The van der Waals surface area contributed by atoms with E-state index in [2.05, 4.69) is 5.32 Å². The van der Waals surface area contributed by atoms with Gasteiger partial charge in [0.25, 0.3) is 12.1 Å². The van der Waals surface area contributed by atoms with Crippen LogP contribution >= 0.6 is 0 Å². The fourth-order valence-electron chi connectivity index (χ4n) is 1.77. The number of non-ortho nitro benzene ring substituents is 1. The second-order valence-corrected chi connectivity index (χ2v) is 4.20. The molecule has 0 aliphatic carbocycles. The molecule has 0 saturated heterocycles. The largest absolute Gasteiger partial charge is 0.465 e. The summed E-state index contributed by atoms with van der Waals surface area (Å²) in [6.45, 7) is 2.01. The van der Waals surface area contributed by atoms with Crippen molar-refractivity contribution in [2.75, 3.05) is 5.32 Å². The van der Waals surface area contributed by atoms with Gasteiger partial charge in [0.2, 0.25) is 0 Å². The van der Waals surface area contributed by atoms with E-state index in [9.17, 15) is 18.9 Å². The maximum absolute atomic E-state index is 12.9. The molecule has 2 rings (SSSR count). The first-order valence-corrected chi connectivity index (χ1v) is 5.83. The summed E-state index contributed by atoms with van der Waals surface area (Å²) in [5.41, 5.74) is -0.609. The number of benzene rings is 1. The second-order valence-electron chi connectivity index (χ2n) is 4.20. The smallest absolute Gasteiger partial charge is 0.270 e. The molecular weight excluding hydrogens is 270 g/mol. The van der Waals surface area contributed by atoms with Gasteiger partial charge in [-0.15, -0.1) is 0 Å². The number of hydrogen-bond donors (Lipinski definition) is 1. The maximum Gasteiger partial charge on any atom is 0.270 e. The van der Waals surface area contributed by atoms with Crippen LogP contribution in [0.25, 0.3) is 0 Å². The van der Waals surface area contributed by atoms with Gasteiger partial charge >= 0.3 is 0 Å². The first-order valence-electron chi connectivity index (χ1n) is 5.83. The lowest BCUT2D eigenvalue weighted by molar-refractivity contribution is -0.385. The topological polar surface area (TPSA) is 68.3 Å². The Bertz CT molecular complexity index is 626. The van der Waals surface area contributed by atoms with Crippen molar-refractivity contribution >= 4 is 11.4 Å². The number of furan rings is 1. The zero-order chi connectivity index (χ0) is 14.7. The van der Waals surface area contributed by atoms with E-state index in [-0.39, 0.29) is 17.9 Å². The normalized spacial score (nSPS) is 10.8. The molecule has 1 heterocycles. The van der Waals surface area contributed by atoms with Gasteiger partial charge in [-0.1, -0.05) is 0 Å². The lowest BCUT2D eigenvalue weighted by atomic mass is 10.1. The van der Waals surface area contributed by atoms with E-state index in [0.29, 0.717) is 5.76 Å². The third-order valence-electron chi connectivity index (χ3n) is 2.73. The minimum absolute atomic E-state index is 0.152. The van der Waals surface area contributed by atoms with Gasteiger partial charge in [-0.3, -0.25) is 10.1 Å². The molecule has 0 amide bonds. The molecule has 5 nitrogen and oxygen atoms in total. The lowest BCUT2D eigenvalue weighted by Crippen LogP contribution is -2.03. The van der Waals surface area contributed by atoms with E-state index >= 15 is 0 Å². The number of halogens is 2. The summed E-state index contributed by atoms with van der Waals surface area (Å²) in [6.07, 6.45) is -2.80. The number of hydrogen-bond acceptors (Lipinski definition) is 4. The van der Waals surface area contributed by atoms with Crippen molar-refractivity contribution in [2.45, 2.75) is 19.9 Å². The molecule has 2 aromatic rings. The van der Waals surface area contributed by atoms with Crippen LogP contribution in [0.3, 0.4) is 0 Å². The molecule has 20 heavy (non-hydrogen) atoms. The van der Waals surface area contributed by atoms with Gasteiger partial charge in [0, 0.05) is 23.4 Å². The molecule has 0 radical (unpaired) electrons. The number of rotatable bonds is 5. The van der Waals surface area contributed by atoms with Crippen molar-refractivity contribution in [1.82, 2.24) is 0 Å². The Morgan fingerprint density at radius 2 is 2.10 bits per heavy atom. The van der Waals surface area contributed by atoms with Crippen molar-refractivity contribution in [3.8, 4) is 0 Å². The summed E-state index contributed by atoms with van der Waals surface area (Å²) in [7, 11) is 0. The lowest BCUT2D eigenvalue weighted by Gasteiger charge is -2.10. The van der Waals surface area contributed by atoms with E-state index in [1.165, 1.54) is 12.1 Å². The predicted molar refractivity (Wildman–Crippen MR) is 68.8 cm³/mol. The predicted octanol–water partition coefficient (Wildman–Crippen LogP) is 4.05. The van der Waals surface area contributed by atoms with Crippen molar-refractivity contribution in [1.29, 1.82) is 0 Å². The molecule has 0 aliphatic heterocycles. The van der Waals surface area contributed by atoms with Crippen molar-refractivity contribution in [3.05, 3.63) is 57.5 Å². The SMILES string of the molecule is Cc1ccc(CNc2ccc([N+](=O)[O-])cc2C(F)F)o1. The van der Waals surface area contributed by atoms with Crippen LogP contribution in [0.2, 0.25) is 0 Å². The van der Waals surface area contributed by atoms with Crippen LogP contribution in [0, 0.1) is 17.0 Å². The third kappa shape index (κ3) is 3.11. The van der Waals surface area contributed by atoms with Gasteiger partial charge in [-0.05, 0) is 25.1 Å². The van der Waals surface area contributed by atoms with Crippen molar-refractivity contribution in [2.24, 2.45) is 0 Å². The molecule has 1 aromatic carbocycles. The molecule has 0 spiro atoms. The summed E-state index contributed by atoms with van der Waals surface area (Å²) in [4.78, 5) is 9.89. The first-order chi connectivity index (χ1) is 9.47. The number of anilines is 1. The Hall–Kier alpha value is -2.44. The summed E-state index contributed by atoms with van der Waals surface area (Å²) in [6, 6.07) is 6.83. The van der Waals surface area contributed by atoms with Crippen molar-refractivity contribution in [3.63, 3.8) is 0 Å². The summed E-state index contributed by atoms with van der Waals surface area (Å²) < 4.78 is 31.1. The molecule has 106 valence electrons. The Morgan fingerprint density at radius 1 is 1.35 bits per heavy atom. The van der Waals surface area contributed by atoms with Crippen LogP contribution in [0.1, 0.15) is 23.5 Å². The van der Waals surface area contributed by atoms with Crippen LogP contribution < -0.4 is 5.32 Å². The van der Waals surface area contributed by atoms with Crippen molar-refractivity contribution < 1.29 is 18.1 Å². The molecule has 0 saturated carbocycles. The molecule has 0 unspecified atom stereocenters. The monoisotopic (exact) mass is 282 g/mol. The van der Waals surface area contributed by atoms with Gasteiger partial charge in [-0.25, -0.2) is 8.78 Å². The molecule has 1 aromatic heterocycles. The van der Waals surface area contributed by atoms with E-state index in [0.717, 1.165) is 11.8 Å². The number of nitrogens with one attached hydrogen (secondary N) is 1. The summed E-state index contributed by atoms with van der Waals surface area (Å²) >= 11 is 0. The molecule has 0 aliphatic rings. The van der Waals surface area contributed by atoms with E-state index in [1.807, 2.05) is 0 Å². The van der Waals surface area contributed by atoms with E-state index in [1.54, 1.807) is 19.1 Å². The molecule has 7 heteroatoms. The Kier molecular flexibility index (Phi) is 3.97. The van der Waals surface area contributed by atoms with E-state index < -0.39 is 16.9 Å². The van der Waals surface area contributed by atoms with Gasteiger partial charge in [0.1, 0.15) is 11.5 Å². The molecular formula is C13H12F2N2O3. The zero-order valence-electron chi connectivity index (χ0n) is 10.6. The standard InChI is InChI=1S/C13H12F2N2O3/c1-8-2-4-10(20-8)7-16-12-5-3-9(17(18)19)6-11(12)13(14)15/h2-6,13,16H,7H2,1H3. The van der Waals surface area contributed by atoms with Gasteiger partial charge in [-0.2, -0.15) is 0 Å². The Balaban J connectivity index is 2.20. The fourth-order valence-corrected chi connectivity index (χ4v) is 1.77. The highest BCUT2D eigenvalue weighted by molar-refractivity contribution is 5.56. The van der Waals surface area contributed by atoms with Crippen LogP contribution in [0.15, 0.2) is 34.7 Å². The second kappa shape index (κ2) is 5.68. The van der Waals surface area contributed by atoms with Gasteiger partial charge in [0.05, 0.1) is 11.5 Å². The average molecular weight is 282 g/mol. The first kappa shape index (κ1) is 14.0. The summed E-state index contributed by atoms with van der Waals surface area (Å²) in [5.74, 6) is 1.32. The van der Waals surface area contributed by atoms with Gasteiger partial charge in [0.15, 0.2) is 0 Å². The highest BCUT2D eigenvalue weighted by Gasteiger charge is 2.18. The minimum atomic E-state index is -2.80. The number of nitro groups is 1. The quantitative estimate of drug-likeness (QED) is 0.663. The van der Waals surface area contributed by atoms with Crippen LogP contribution in [-0.2, 0) is 6.54 Å². The minimum Gasteiger partial charge on any atom is -0.465 e. The van der Waals surface area contributed by atoms with Crippen LogP contribution in [-0.4, -0.2) is 4.92 Å². The fraction of sp³-hybridized carbons (Fsp3) is 0.231. The maximum atomic E-state index is 12.9. The number of nitro benzene ring substituents is 1.